The molecule has 6 aromatic rings. The minimum atomic E-state index is -1.14. The molecule has 0 aliphatic heterocycles. The Morgan fingerprint density at radius 1 is 0.827 bits per heavy atom. The lowest BCUT2D eigenvalue weighted by molar-refractivity contribution is 0.0695. The normalized spacial score (nSPS) is 11.4. The SMILES string of the molecule is CCn1nc(C)cc1C(=O)Cc1nc2cc(C(N)=O)ccc2n1CCCCn1c(NC(=O)c2cc(C)nn2CC)nc2cc(C(=O)O)cc(OC)c21. The number of methoxy groups -OCH3 is 1. The van der Waals surface area contributed by atoms with Gasteiger partial charge in [-0.05, 0) is 83.0 Å². The standard InChI is InChI=1S/C36H40N10O6/c1-6-45-27(14-20(3)41-45)29(47)19-31-38-24-16-22(33(37)48)10-11-26(24)43(31)12-8-9-13-44-32-25(17-23(35(50)51)18-30(32)52-5)39-36(44)40-34(49)28-15-21(4)42-46(28)7-2/h10-11,14-18H,6-9,12-13,19H2,1-5H3,(H2,37,48)(H,50,51)(H,39,40,49). The summed E-state index contributed by atoms with van der Waals surface area (Å²) >= 11 is 0. The van der Waals surface area contributed by atoms with Gasteiger partial charge in [0.05, 0.1) is 47.0 Å². The van der Waals surface area contributed by atoms with Gasteiger partial charge in [-0.25, -0.2) is 14.8 Å². The van der Waals surface area contributed by atoms with Crippen molar-refractivity contribution in [1.29, 1.82) is 0 Å². The van der Waals surface area contributed by atoms with E-state index in [0.29, 0.717) is 89.8 Å². The van der Waals surface area contributed by atoms with Crippen LogP contribution in [0.3, 0.4) is 0 Å². The van der Waals surface area contributed by atoms with Crippen LogP contribution in [0.15, 0.2) is 42.5 Å². The van der Waals surface area contributed by atoms with Crippen molar-refractivity contribution in [3.8, 4) is 5.75 Å². The highest BCUT2D eigenvalue weighted by Gasteiger charge is 2.23. The molecule has 2 amide bonds. The summed E-state index contributed by atoms with van der Waals surface area (Å²) in [6, 6.07) is 11.4. The molecule has 0 atom stereocenters. The second kappa shape index (κ2) is 14.5. The largest absolute Gasteiger partial charge is 0.494 e. The number of nitrogens with one attached hydrogen (secondary N) is 1. The molecule has 4 N–H and O–H groups in total. The molecule has 52 heavy (non-hydrogen) atoms. The summed E-state index contributed by atoms with van der Waals surface area (Å²) in [4.78, 5) is 60.2. The van der Waals surface area contributed by atoms with Gasteiger partial charge >= 0.3 is 5.97 Å². The fraction of sp³-hybridized carbons (Fsp3) is 0.333. The number of unbranched alkanes of at least 4 members (excludes halogenated alkanes) is 1. The lowest BCUT2D eigenvalue weighted by atomic mass is 10.1. The van der Waals surface area contributed by atoms with E-state index in [9.17, 15) is 24.3 Å². The number of aryl methyl sites for hydroxylation is 6. The Morgan fingerprint density at radius 3 is 2.10 bits per heavy atom. The van der Waals surface area contributed by atoms with Gasteiger partial charge in [-0.3, -0.25) is 29.1 Å². The Kier molecular flexibility index (Phi) is 9.90. The van der Waals surface area contributed by atoms with Gasteiger partial charge in [0.25, 0.3) is 5.91 Å². The quantitative estimate of drug-likeness (QED) is 0.101. The second-order valence-electron chi connectivity index (χ2n) is 12.4. The first-order valence-corrected chi connectivity index (χ1v) is 17.0. The predicted molar refractivity (Wildman–Crippen MR) is 192 cm³/mol. The van der Waals surface area contributed by atoms with Gasteiger partial charge in [-0.2, -0.15) is 10.2 Å². The van der Waals surface area contributed by atoms with E-state index in [2.05, 4.69) is 20.5 Å². The zero-order valence-corrected chi connectivity index (χ0v) is 29.6. The van der Waals surface area contributed by atoms with Crippen LogP contribution in [0.1, 0.15) is 85.6 Å². The zero-order valence-electron chi connectivity index (χ0n) is 29.6. The third-order valence-electron chi connectivity index (χ3n) is 8.86. The lowest BCUT2D eigenvalue weighted by Crippen LogP contribution is -2.20. The number of aromatic carboxylic acids is 1. The van der Waals surface area contributed by atoms with Crippen molar-refractivity contribution >= 4 is 51.6 Å². The number of imidazole rings is 2. The van der Waals surface area contributed by atoms with Crippen LogP contribution in [-0.4, -0.2) is 74.4 Å². The van der Waals surface area contributed by atoms with E-state index in [0.717, 1.165) is 11.2 Å². The topological polar surface area (TPSA) is 207 Å². The molecule has 0 aliphatic carbocycles. The first kappa shape index (κ1) is 35.5. The molecule has 6 rings (SSSR count). The highest BCUT2D eigenvalue weighted by atomic mass is 16.5. The van der Waals surface area contributed by atoms with E-state index in [4.69, 9.17) is 15.5 Å². The summed E-state index contributed by atoms with van der Waals surface area (Å²) in [7, 11) is 1.45. The number of carboxylic acid groups (broad SMARTS) is 1. The fourth-order valence-electron chi connectivity index (χ4n) is 6.46. The van der Waals surface area contributed by atoms with Crippen molar-refractivity contribution < 1.29 is 29.0 Å². The van der Waals surface area contributed by atoms with Gasteiger partial charge in [0, 0.05) is 31.7 Å². The number of Topliss-reactive ketones (excluding diaryl/α,β-unsaturated/α-hetero) is 1. The maximum atomic E-state index is 13.5. The number of ketones is 1. The number of fused-ring (bicyclic) bond motifs is 2. The van der Waals surface area contributed by atoms with Crippen LogP contribution >= 0.6 is 0 Å². The molecule has 16 nitrogen and oxygen atoms in total. The van der Waals surface area contributed by atoms with Crippen molar-refractivity contribution in [2.75, 3.05) is 12.4 Å². The van der Waals surface area contributed by atoms with E-state index in [1.54, 1.807) is 51.2 Å². The Bertz CT molecular complexity index is 2360. The number of hydrogen-bond donors (Lipinski definition) is 3. The summed E-state index contributed by atoms with van der Waals surface area (Å²) in [6.07, 6.45) is 1.21. The molecular weight excluding hydrogens is 668 g/mol. The first-order chi connectivity index (χ1) is 24.9. The van der Waals surface area contributed by atoms with Crippen molar-refractivity contribution in [2.45, 2.75) is 73.1 Å². The van der Waals surface area contributed by atoms with E-state index in [-0.39, 0.29) is 23.7 Å². The second-order valence-corrected chi connectivity index (χ2v) is 12.4. The number of carbonyl (C=O) groups is 4. The first-order valence-electron chi connectivity index (χ1n) is 17.0. The Hall–Kier alpha value is -6.32. The smallest absolute Gasteiger partial charge is 0.335 e. The molecule has 0 radical (unpaired) electrons. The van der Waals surface area contributed by atoms with E-state index in [1.807, 2.05) is 25.3 Å². The number of hydrogen-bond acceptors (Lipinski definition) is 9. The van der Waals surface area contributed by atoms with Gasteiger partial charge in [0.15, 0.2) is 5.78 Å². The molecule has 0 saturated carbocycles. The number of nitrogens with zero attached hydrogens (tertiary/aromatic N) is 8. The summed E-state index contributed by atoms with van der Waals surface area (Å²) in [5, 5.41) is 21.4. The third kappa shape index (κ3) is 6.86. The number of ether oxygens (including phenoxy) is 1. The van der Waals surface area contributed by atoms with Crippen LogP contribution in [0, 0.1) is 13.8 Å². The number of benzene rings is 2. The zero-order chi connectivity index (χ0) is 37.3. The van der Waals surface area contributed by atoms with E-state index < -0.39 is 17.8 Å². The minimum absolute atomic E-state index is 0.00253. The molecular formula is C36H40N10O6. The van der Waals surface area contributed by atoms with Gasteiger partial charge < -0.3 is 24.7 Å². The summed E-state index contributed by atoms with van der Waals surface area (Å²) in [5.41, 5.74) is 10.3. The molecule has 0 fully saturated rings. The molecule has 0 aliphatic rings. The average Bonchev–Trinajstić information content (AvgIpc) is 3.88. The van der Waals surface area contributed by atoms with Crippen LogP contribution in [0.25, 0.3) is 22.1 Å². The molecule has 270 valence electrons. The molecule has 0 saturated heterocycles. The highest BCUT2D eigenvalue weighted by molar-refractivity contribution is 6.04. The molecule has 0 bridgehead atoms. The average molecular weight is 709 g/mol. The third-order valence-corrected chi connectivity index (χ3v) is 8.86. The van der Waals surface area contributed by atoms with Crippen molar-refractivity contribution in [1.82, 2.24) is 38.7 Å². The number of nitrogens with two attached hydrogens (primary N) is 1. The Morgan fingerprint density at radius 2 is 1.46 bits per heavy atom. The molecule has 16 heteroatoms. The number of carbonyl (C=O) groups excluding carboxylic acids is 3. The number of aromatic nitrogens is 8. The van der Waals surface area contributed by atoms with Crippen LogP contribution < -0.4 is 15.8 Å². The summed E-state index contributed by atoms with van der Waals surface area (Å²) < 4.78 is 12.7. The van der Waals surface area contributed by atoms with Crippen LogP contribution in [0.4, 0.5) is 5.95 Å². The monoisotopic (exact) mass is 708 g/mol. The van der Waals surface area contributed by atoms with Gasteiger partial charge in [-0.1, -0.05) is 0 Å². The molecule has 4 aromatic heterocycles. The lowest BCUT2D eigenvalue weighted by Gasteiger charge is -2.14. The van der Waals surface area contributed by atoms with Crippen LogP contribution in [0.5, 0.6) is 5.75 Å². The van der Waals surface area contributed by atoms with Crippen LogP contribution in [0.2, 0.25) is 0 Å². The van der Waals surface area contributed by atoms with Crippen LogP contribution in [-0.2, 0) is 32.6 Å². The van der Waals surface area contributed by atoms with Gasteiger partial charge in [0.1, 0.15) is 28.5 Å². The van der Waals surface area contributed by atoms with E-state index in [1.165, 1.54) is 19.2 Å². The minimum Gasteiger partial charge on any atom is -0.494 e. The molecule has 0 unspecified atom stereocenters. The molecule has 2 aromatic carbocycles. The van der Waals surface area contributed by atoms with E-state index >= 15 is 0 Å². The fourth-order valence-corrected chi connectivity index (χ4v) is 6.46. The molecule has 0 spiro atoms. The number of rotatable bonds is 15. The van der Waals surface area contributed by atoms with Crippen molar-refractivity contribution in [2.24, 2.45) is 5.73 Å². The summed E-state index contributed by atoms with van der Waals surface area (Å²) in [6.45, 7) is 9.34. The maximum Gasteiger partial charge on any atom is 0.335 e. The van der Waals surface area contributed by atoms with Crippen molar-refractivity contribution in [3.63, 3.8) is 0 Å². The summed E-state index contributed by atoms with van der Waals surface area (Å²) in [5.74, 6) is -1.20. The number of carboxylic acids is 1. The highest BCUT2D eigenvalue weighted by Crippen LogP contribution is 2.32. The maximum absolute atomic E-state index is 13.5. The van der Waals surface area contributed by atoms with Gasteiger partial charge in [-0.15, -0.1) is 0 Å². The van der Waals surface area contributed by atoms with Crippen molar-refractivity contribution in [3.05, 3.63) is 82.2 Å². The van der Waals surface area contributed by atoms with Gasteiger partial charge in [0.2, 0.25) is 11.9 Å². The Balaban J connectivity index is 1.31. The number of primary amides is 1. The predicted octanol–water partition coefficient (Wildman–Crippen LogP) is 4.40. The Labute approximate surface area is 298 Å². The number of anilines is 1. The number of amides is 2. The molecule has 4 heterocycles.